The van der Waals surface area contributed by atoms with Crippen LogP contribution >= 0.6 is 15.1 Å². The van der Waals surface area contributed by atoms with Gasteiger partial charge in [0.2, 0.25) is 0 Å². The molecule has 0 aliphatic carbocycles. The SMILES string of the molecule is B[PH](Cc1cccc(-c2cccc(CP(C(C)C)C(C)C)n2)n1)(C(C)C)C(C)C. The summed E-state index contributed by atoms with van der Waals surface area (Å²) in [5.74, 6) is 0. The fraction of sp³-hybridized carbons (Fsp3) is 0.583. The van der Waals surface area contributed by atoms with Crippen molar-refractivity contribution in [3.63, 3.8) is 0 Å². The Hall–Kier alpha value is -0.775. The monoisotopic (exact) mass is 430 g/mol. The summed E-state index contributed by atoms with van der Waals surface area (Å²) in [5.41, 5.74) is 7.44. The van der Waals surface area contributed by atoms with E-state index in [1.807, 2.05) is 0 Å². The molecular weight excluding hydrogens is 389 g/mol. The Morgan fingerprint density at radius 3 is 1.66 bits per heavy atom. The zero-order valence-electron chi connectivity index (χ0n) is 20.0. The molecule has 5 heteroatoms. The zero-order chi connectivity index (χ0) is 21.8. The normalized spacial score (nSPS) is 13.3. The van der Waals surface area contributed by atoms with Gasteiger partial charge in [0.25, 0.3) is 0 Å². The van der Waals surface area contributed by atoms with Crippen LogP contribution in [0.3, 0.4) is 0 Å². The summed E-state index contributed by atoms with van der Waals surface area (Å²) >= 11 is 0. The van der Waals surface area contributed by atoms with Crippen LogP contribution in [0.2, 0.25) is 0 Å². The third kappa shape index (κ3) is 6.35. The van der Waals surface area contributed by atoms with Gasteiger partial charge in [0.15, 0.2) is 0 Å². The first-order valence-corrected chi connectivity index (χ1v) is 15.7. The van der Waals surface area contributed by atoms with Crippen molar-refractivity contribution in [3.05, 3.63) is 47.8 Å². The summed E-state index contributed by atoms with van der Waals surface area (Å²) in [7, 11) is 1.08. The van der Waals surface area contributed by atoms with Crippen molar-refractivity contribution in [2.24, 2.45) is 0 Å². The van der Waals surface area contributed by atoms with Gasteiger partial charge in [0, 0.05) is 0 Å². The van der Waals surface area contributed by atoms with E-state index in [2.05, 4.69) is 99.4 Å². The number of hydrogen-bond acceptors (Lipinski definition) is 2. The van der Waals surface area contributed by atoms with E-state index in [0.717, 1.165) is 46.3 Å². The first-order valence-electron chi connectivity index (χ1n) is 11.2. The van der Waals surface area contributed by atoms with Gasteiger partial charge in [-0.2, -0.15) is 0 Å². The van der Waals surface area contributed by atoms with Crippen molar-refractivity contribution in [3.8, 4) is 11.4 Å². The molecule has 0 spiro atoms. The van der Waals surface area contributed by atoms with Crippen LogP contribution in [0.4, 0.5) is 0 Å². The number of hydrogen-bond donors (Lipinski definition) is 0. The molecule has 0 bridgehead atoms. The Labute approximate surface area is 182 Å². The summed E-state index contributed by atoms with van der Waals surface area (Å²) in [6, 6.07) is 12.9. The van der Waals surface area contributed by atoms with E-state index in [-0.39, 0.29) is 7.92 Å². The van der Waals surface area contributed by atoms with Crippen molar-refractivity contribution in [1.29, 1.82) is 0 Å². The van der Waals surface area contributed by atoms with Gasteiger partial charge >= 0.3 is 182 Å². The van der Waals surface area contributed by atoms with Gasteiger partial charge in [0.05, 0.1) is 0 Å². The van der Waals surface area contributed by atoms with Crippen LogP contribution in [-0.2, 0) is 12.3 Å². The molecule has 0 aliphatic rings. The Balaban J connectivity index is 2.29. The van der Waals surface area contributed by atoms with Gasteiger partial charge in [-0.15, -0.1) is 0 Å². The minimum atomic E-state index is -1.41. The molecule has 29 heavy (non-hydrogen) atoms. The van der Waals surface area contributed by atoms with Crippen LogP contribution < -0.4 is 0 Å². The van der Waals surface area contributed by atoms with Crippen LogP contribution in [-0.4, -0.2) is 40.2 Å². The van der Waals surface area contributed by atoms with Crippen LogP contribution in [0.1, 0.15) is 66.8 Å². The number of pyridine rings is 2. The summed E-state index contributed by atoms with van der Waals surface area (Å²) in [5, 5.41) is 0. The van der Waals surface area contributed by atoms with Gasteiger partial charge in [-0.05, 0) is 0 Å². The zero-order valence-corrected chi connectivity index (χ0v) is 21.9. The second-order valence-electron chi connectivity index (χ2n) is 9.88. The topological polar surface area (TPSA) is 25.8 Å². The van der Waals surface area contributed by atoms with Crippen molar-refractivity contribution in [2.45, 2.75) is 90.3 Å². The first-order chi connectivity index (χ1) is 13.5. The van der Waals surface area contributed by atoms with E-state index in [1.165, 1.54) is 11.4 Å². The molecule has 2 nitrogen and oxygen atoms in total. The molecule has 2 rings (SSSR count). The van der Waals surface area contributed by atoms with E-state index in [0.29, 0.717) is 0 Å². The average Bonchev–Trinajstić information content (AvgIpc) is 2.65. The summed E-state index contributed by atoms with van der Waals surface area (Å²) in [4.78, 5) is 10.1. The minimum absolute atomic E-state index is 0.0530. The summed E-state index contributed by atoms with van der Waals surface area (Å²) in [6.07, 6.45) is 2.24. The molecule has 0 aromatic carbocycles. The molecule has 2 heterocycles. The molecule has 0 amide bonds. The van der Waals surface area contributed by atoms with E-state index in [4.69, 9.17) is 9.97 Å². The molecule has 0 unspecified atom stereocenters. The van der Waals surface area contributed by atoms with Gasteiger partial charge in [-0.25, -0.2) is 0 Å². The molecule has 0 radical (unpaired) electrons. The van der Waals surface area contributed by atoms with Crippen LogP contribution in [0.5, 0.6) is 0 Å². The Bertz CT molecular complexity index is 774. The quantitative estimate of drug-likeness (QED) is 0.333. The van der Waals surface area contributed by atoms with E-state index in [9.17, 15) is 0 Å². The first kappa shape index (κ1) is 24.5. The average molecular weight is 430 g/mol. The molecule has 0 saturated carbocycles. The molecule has 160 valence electrons. The van der Waals surface area contributed by atoms with Gasteiger partial charge < -0.3 is 0 Å². The van der Waals surface area contributed by atoms with Crippen molar-refractivity contribution in [2.75, 3.05) is 0 Å². The molecule has 0 saturated heterocycles. The predicted molar refractivity (Wildman–Crippen MR) is 139 cm³/mol. The number of rotatable bonds is 9. The summed E-state index contributed by atoms with van der Waals surface area (Å²) < 4.78 is 0. The summed E-state index contributed by atoms with van der Waals surface area (Å²) in [6.45, 7) is 19.0. The third-order valence-electron chi connectivity index (χ3n) is 6.75. The van der Waals surface area contributed by atoms with E-state index < -0.39 is 7.14 Å². The second kappa shape index (κ2) is 10.5. The molecule has 2 aromatic rings. The van der Waals surface area contributed by atoms with Gasteiger partial charge in [-0.1, -0.05) is 0 Å². The van der Waals surface area contributed by atoms with Gasteiger partial charge in [-0.3, -0.25) is 0 Å². The van der Waals surface area contributed by atoms with Crippen LogP contribution in [0, 0.1) is 0 Å². The Morgan fingerprint density at radius 1 is 0.759 bits per heavy atom. The molecule has 0 aliphatic heterocycles. The third-order valence-corrected chi connectivity index (χ3v) is 16.5. The maximum atomic E-state index is 5.06. The number of nitrogens with zero attached hydrogens (tertiary/aromatic N) is 2. The molecular formula is C24H41BN2P2. The predicted octanol–water partition coefficient (Wildman–Crippen LogP) is 6.56. The van der Waals surface area contributed by atoms with E-state index in [1.54, 1.807) is 0 Å². The van der Waals surface area contributed by atoms with Crippen LogP contribution in [0.15, 0.2) is 36.4 Å². The standard InChI is InChI=1S/C24H41BN2P2/c1-17(2)28(18(3)4)15-21-11-9-13-23(26-21)24-14-10-12-22(27-24)16-29(25,19(5)6)20(7)8/h9-14,17-20,29H,15-16,25H2,1-8H3. The molecule has 0 fully saturated rings. The molecule has 0 atom stereocenters. The van der Waals surface area contributed by atoms with Crippen molar-refractivity contribution >= 4 is 22.6 Å². The maximum absolute atomic E-state index is 5.06. The van der Waals surface area contributed by atoms with Crippen molar-refractivity contribution in [1.82, 2.24) is 9.97 Å². The van der Waals surface area contributed by atoms with Gasteiger partial charge in [0.1, 0.15) is 0 Å². The van der Waals surface area contributed by atoms with Crippen molar-refractivity contribution < 1.29 is 0 Å². The number of aromatic nitrogens is 2. The molecule has 2 aromatic heterocycles. The van der Waals surface area contributed by atoms with Crippen LogP contribution in [0.25, 0.3) is 11.4 Å². The molecule has 0 N–H and O–H groups in total. The Morgan fingerprint density at radius 2 is 1.21 bits per heavy atom. The Kier molecular flexibility index (Phi) is 8.87. The van der Waals surface area contributed by atoms with E-state index >= 15 is 0 Å². The fourth-order valence-electron chi connectivity index (χ4n) is 4.04. The fourth-order valence-corrected chi connectivity index (χ4v) is 9.65. The second-order valence-corrected chi connectivity index (χ2v) is 19.0.